The quantitative estimate of drug-likeness (QED) is 0.185. The number of benzene rings is 3. The fourth-order valence-electron chi connectivity index (χ4n) is 6.43. The molecule has 4 aromatic rings. The molecule has 0 aliphatic heterocycles. The topological polar surface area (TPSA) is 49.2 Å². The lowest BCUT2D eigenvalue weighted by atomic mass is 9.78. The lowest BCUT2D eigenvalue weighted by molar-refractivity contribution is 0.220. The Balaban J connectivity index is 1.00. The van der Waals surface area contributed by atoms with Crippen LogP contribution in [-0.4, -0.2) is 29.2 Å². The molecule has 1 atom stereocenters. The Kier molecular flexibility index (Phi) is 9.83. The van der Waals surface area contributed by atoms with Crippen molar-refractivity contribution in [1.29, 1.82) is 0 Å². The molecule has 5 rings (SSSR count). The van der Waals surface area contributed by atoms with Crippen molar-refractivity contribution < 1.29 is 5.11 Å². The van der Waals surface area contributed by atoms with Crippen LogP contribution in [0.5, 0.6) is 0 Å². The number of aromatic nitrogens is 2. The van der Waals surface area contributed by atoms with Crippen LogP contribution in [0, 0.1) is 11.8 Å². The van der Waals surface area contributed by atoms with E-state index in [0.717, 1.165) is 58.3 Å². The normalized spacial score (nSPS) is 18.1. The lowest BCUT2D eigenvalue weighted by Gasteiger charge is -2.28. The predicted molar refractivity (Wildman–Crippen MR) is 167 cm³/mol. The van der Waals surface area contributed by atoms with Gasteiger partial charge in [0.25, 0.3) is 0 Å². The number of anilines is 1. The number of aliphatic hydroxyl groups is 1. The molecule has 0 amide bonds. The zero-order valence-electron chi connectivity index (χ0n) is 24.3. The number of aliphatic hydroxyl groups excluding tert-OH is 1. The van der Waals surface area contributed by atoms with Gasteiger partial charge >= 0.3 is 0 Å². The van der Waals surface area contributed by atoms with Gasteiger partial charge in [-0.3, -0.25) is 0 Å². The number of hydrogen-bond acceptors (Lipinski definition) is 4. The highest BCUT2D eigenvalue weighted by molar-refractivity contribution is 5.89. The molecule has 1 fully saturated rings. The van der Waals surface area contributed by atoms with E-state index in [4.69, 9.17) is 9.97 Å². The van der Waals surface area contributed by atoms with Gasteiger partial charge in [-0.2, -0.15) is 0 Å². The zero-order valence-corrected chi connectivity index (χ0v) is 24.3. The molecular formula is C36H45N3O. The van der Waals surface area contributed by atoms with Gasteiger partial charge in [0.1, 0.15) is 17.7 Å². The van der Waals surface area contributed by atoms with E-state index in [1.54, 1.807) is 0 Å². The Morgan fingerprint density at radius 2 is 1.40 bits per heavy atom. The molecule has 1 aliphatic carbocycles. The molecule has 4 nitrogen and oxygen atoms in total. The molecule has 0 bridgehead atoms. The summed E-state index contributed by atoms with van der Waals surface area (Å²) in [6, 6.07) is 26.8. The minimum atomic E-state index is -0.549. The highest BCUT2D eigenvalue weighted by atomic mass is 16.3. The van der Waals surface area contributed by atoms with E-state index in [9.17, 15) is 5.11 Å². The van der Waals surface area contributed by atoms with E-state index in [1.165, 1.54) is 63.4 Å². The van der Waals surface area contributed by atoms with Crippen LogP contribution >= 0.6 is 0 Å². The third-order valence-electron chi connectivity index (χ3n) is 8.74. The van der Waals surface area contributed by atoms with E-state index in [-0.39, 0.29) is 0 Å². The summed E-state index contributed by atoms with van der Waals surface area (Å²) in [6.07, 6.45) is 13.4. The molecule has 0 spiro atoms. The fourth-order valence-corrected chi connectivity index (χ4v) is 6.43. The van der Waals surface area contributed by atoms with E-state index in [2.05, 4.69) is 61.5 Å². The second kappa shape index (κ2) is 13.9. The van der Waals surface area contributed by atoms with Crippen LogP contribution in [0.25, 0.3) is 10.9 Å². The molecule has 0 radical (unpaired) electrons. The highest BCUT2D eigenvalue weighted by Gasteiger charge is 2.21. The fraction of sp³-hybridized carbons (Fsp3) is 0.444. The molecule has 1 heterocycles. The number of unbranched alkanes of at least 4 members (excludes halogenated alkanes) is 1. The number of nitrogens with zero attached hydrogens (tertiary/aromatic N) is 3. The molecular weight excluding hydrogens is 490 g/mol. The summed E-state index contributed by atoms with van der Waals surface area (Å²) in [7, 11) is 4.12. The molecule has 210 valence electrons. The standard InChI is InChI=1S/C36H45N3O/c1-39(2)36-32-19-8-9-20-33(32)37-34(38-36)21-11-14-28-24-22-27(23-25-28)12-6-7-13-29-15-10-18-31(26-29)35(40)30-16-4-3-5-17-30/h3-5,8-10,15-20,26-28,35,40H,6-7,11-14,21-25H2,1-2H3. The van der Waals surface area contributed by atoms with Crippen molar-refractivity contribution in [3.05, 3.63) is 101 Å². The summed E-state index contributed by atoms with van der Waals surface area (Å²) in [6.45, 7) is 0. The van der Waals surface area contributed by atoms with Crippen molar-refractivity contribution in [3.8, 4) is 0 Å². The van der Waals surface area contributed by atoms with Crippen LogP contribution in [0.15, 0.2) is 78.9 Å². The number of fused-ring (bicyclic) bond motifs is 1. The monoisotopic (exact) mass is 535 g/mol. The summed E-state index contributed by atoms with van der Waals surface area (Å²) in [5.74, 6) is 3.77. The number of hydrogen-bond donors (Lipinski definition) is 1. The van der Waals surface area contributed by atoms with E-state index < -0.39 is 6.10 Å². The maximum atomic E-state index is 10.8. The average molecular weight is 536 g/mol. The van der Waals surface area contributed by atoms with Crippen LogP contribution < -0.4 is 4.90 Å². The van der Waals surface area contributed by atoms with Crippen LogP contribution in [0.1, 0.15) is 86.4 Å². The Hall–Kier alpha value is -3.24. The largest absolute Gasteiger partial charge is 0.384 e. The molecule has 3 aromatic carbocycles. The second-order valence-corrected chi connectivity index (χ2v) is 12.0. The van der Waals surface area contributed by atoms with Crippen molar-refractivity contribution >= 4 is 16.7 Å². The van der Waals surface area contributed by atoms with Crippen LogP contribution in [0.3, 0.4) is 0 Å². The summed E-state index contributed by atoms with van der Waals surface area (Å²) >= 11 is 0. The van der Waals surface area contributed by atoms with Gasteiger partial charge < -0.3 is 10.0 Å². The summed E-state index contributed by atoms with van der Waals surface area (Å²) in [4.78, 5) is 11.8. The molecule has 40 heavy (non-hydrogen) atoms. The van der Waals surface area contributed by atoms with Gasteiger partial charge in [0.2, 0.25) is 0 Å². The first-order valence-electron chi connectivity index (χ1n) is 15.3. The van der Waals surface area contributed by atoms with Crippen LogP contribution in [-0.2, 0) is 12.8 Å². The Morgan fingerprint density at radius 1 is 0.725 bits per heavy atom. The van der Waals surface area contributed by atoms with Crippen molar-refractivity contribution in [2.75, 3.05) is 19.0 Å². The number of para-hydroxylation sites is 1. The Labute approximate surface area is 240 Å². The van der Waals surface area contributed by atoms with Crippen molar-refractivity contribution in [1.82, 2.24) is 9.97 Å². The molecule has 1 aliphatic rings. The molecule has 1 N–H and O–H groups in total. The first-order valence-corrected chi connectivity index (χ1v) is 15.3. The maximum Gasteiger partial charge on any atom is 0.139 e. The van der Waals surface area contributed by atoms with E-state index >= 15 is 0 Å². The van der Waals surface area contributed by atoms with E-state index in [0.29, 0.717) is 0 Å². The summed E-state index contributed by atoms with van der Waals surface area (Å²) in [5, 5.41) is 11.9. The highest BCUT2D eigenvalue weighted by Crippen LogP contribution is 2.35. The van der Waals surface area contributed by atoms with Crippen LogP contribution in [0.4, 0.5) is 5.82 Å². The second-order valence-electron chi connectivity index (χ2n) is 12.0. The average Bonchev–Trinajstić information content (AvgIpc) is 3.00. The SMILES string of the molecule is CN(C)c1nc(CCCC2CCC(CCCCc3cccc(C(O)c4ccccc4)c3)CC2)nc2ccccc12. The van der Waals surface area contributed by atoms with Crippen LogP contribution in [0.2, 0.25) is 0 Å². The van der Waals surface area contributed by atoms with Crippen molar-refractivity contribution in [2.45, 2.75) is 76.7 Å². The molecule has 1 saturated carbocycles. The van der Waals surface area contributed by atoms with E-state index in [1.807, 2.05) is 36.4 Å². The first kappa shape index (κ1) is 28.3. The molecule has 1 aromatic heterocycles. The van der Waals surface area contributed by atoms with Gasteiger partial charge in [-0.1, -0.05) is 112 Å². The van der Waals surface area contributed by atoms with Crippen molar-refractivity contribution in [2.24, 2.45) is 11.8 Å². The molecule has 0 saturated heterocycles. The predicted octanol–water partition coefficient (Wildman–Crippen LogP) is 8.32. The van der Waals surface area contributed by atoms with Gasteiger partial charge in [-0.05, 0) is 59.9 Å². The minimum absolute atomic E-state index is 0.549. The van der Waals surface area contributed by atoms with Gasteiger partial charge in [0, 0.05) is 25.9 Å². The molecule has 1 unspecified atom stereocenters. The number of aryl methyl sites for hydroxylation is 2. The molecule has 4 heteroatoms. The maximum absolute atomic E-state index is 10.8. The Bertz CT molecular complexity index is 1340. The summed E-state index contributed by atoms with van der Waals surface area (Å²) < 4.78 is 0. The van der Waals surface area contributed by atoms with Gasteiger partial charge in [0.15, 0.2) is 0 Å². The van der Waals surface area contributed by atoms with Gasteiger partial charge in [-0.15, -0.1) is 0 Å². The third kappa shape index (κ3) is 7.48. The zero-order chi connectivity index (χ0) is 27.7. The first-order chi connectivity index (χ1) is 19.6. The van der Waals surface area contributed by atoms with Gasteiger partial charge in [-0.25, -0.2) is 9.97 Å². The Morgan fingerprint density at radius 3 is 2.15 bits per heavy atom. The third-order valence-corrected chi connectivity index (χ3v) is 8.74. The van der Waals surface area contributed by atoms with Crippen molar-refractivity contribution in [3.63, 3.8) is 0 Å². The van der Waals surface area contributed by atoms with Gasteiger partial charge in [0.05, 0.1) is 5.52 Å². The number of rotatable bonds is 12. The smallest absolute Gasteiger partial charge is 0.139 e. The summed E-state index contributed by atoms with van der Waals surface area (Å²) in [5.41, 5.74) is 4.33. The lowest BCUT2D eigenvalue weighted by Crippen LogP contribution is -2.15. The minimum Gasteiger partial charge on any atom is -0.384 e.